The van der Waals surface area contributed by atoms with Crippen molar-refractivity contribution >= 4 is 10.8 Å². The molecular weight excluding hydrogens is 705 g/mol. The minimum atomic E-state index is 0.643. The quantitative estimate of drug-likeness (QED) is 0.156. The van der Waals surface area contributed by atoms with Crippen LogP contribution in [0.25, 0.3) is 101 Å². The first kappa shape index (κ1) is 34.7. The Bertz CT molecular complexity index is 2890. The third-order valence-electron chi connectivity index (χ3n) is 10.5. The zero-order chi connectivity index (χ0) is 38.7. The van der Waals surface area contributed by atoms with E-state index in [-0.39, 0.29) is 0 Å². The average molecular weight is 741 g/mol. The molecule has 0 amide bonds. The van der Waals surface area contributed by atoms with E-state index in [0.717, 1.165) is 55.9 Å². The fourth-order valence-corrected chi connectivity index (χ4v) is 7.52. The van der Waals surface area contributed by atoms with Crippen LogP contribution in [0.1, 0.15) is 0 Å². The molecule has 0 fully saturated rings. The summed E-state index contributed by atoms with van der Waals surface area (Å²) in [6, 6.07) is 76.0. The van der Waals surface area contributed by atoms with Crippen LogP contribution in [0.15, 0.2) is 218 Å². The number of hydrogen-bond donors (Lipinski definition) is 0. The molecule has 0 aliphatic heterocycles. The topological polar surface area (TPSA) is 51.6 Å². The number of aromatic nitrogens is 4. The fraction of sp³-hybridized carbons (Fsp3) is 0. The van der Waals surface area contributed by atoms with Crippen molar-refractivity contribution in [2.45, 2.75) is 0 Å². The molecule has 0 saturated carbocycles. The van der Waals surface area contributed by atoms with Gasteiger partial charge in [-0.15, -0.1) is 0 Å². The van der Waals surface area contributed by atoms with E-state index in [4.69, 9.17) is 19.9 Å². The van der Waals surface area contributed by atoms with Gasteiger partial charge in [-0.2, -0.15) is 0 Å². The highest BCUT2D eigenvalue weighted by atomic mass is 15.0. The summed E-state index contributed by atoms with van der Waals surface area (Å²) in [4.78, 5) is 19.8. The van der Waals surface area contributed by atoms with Crippen LogP contribution >= 0.6 is 0 Å². The van der Waals surface area contributed by atoms with E-state index >= 15 is 0 Å². The number of hydrogen-bond acceptors (Lipinski definition) is 4. The van der Waals surface area contributed by atoms with Gasteiger partial charge >= 0.3 is 0 Å². The number of nitrogens with zero attached hydrogens (tertiary/aromatic N) is 4. The molecule has 0 N–H and O–H groups in total. The van der Waals surface area contributed by atoms with Gasteiger partial charge in [0.2, 0.25) is 0 Å². The van der Waals surface area contributed by atoms with Crippen LogP contribution in [0.3, 0.4) is 0 Å². The molecule has 4 nitrogen and oxygen atoms in total. The minimum absolute atomic E-state index is 0.643. The highest BCUT2D eigenvalue weighted by Crippen LogP contribution is 2.35. The maximum absolute atomic E-state index is 5.13. The molecule has 0 unspecified atom stereocenters. The maximum Gasteiger partial charge on any atom is 0.164 e. The van der Waals surface area contributed by atoms with E-state index in [1.165, 1.54) is 27.5 Å². The predicted molar refractivity (Wildman–Crippen MR) is 239 cm³/mol. The molecule has 0 radical (unpaired) electrons. The molecule has 0 saturated heterocycles. The molecule has 272 valence electrons. The van der Waals surface area contributed by atoms with Crippen LogP contribution in [0.2, 0.25) is 0 Å². The van der Waals surface area contributed by atoms with Gasteiger partial charge < -0.3 is 0 Å². The lowest BCUT2D eigenvalue weighted by Crippen LogP contribution is -2.00. The summed E-state index contributed by atoms with van der Waals surface area (Å²) in [5.74, 6) is 1.95. The molecule has 0 aliphatic rings. The highest BCUT2D eigenvalue weighted by Gasteiger charge is 2.14. The van der Waals surface area contributed by atoms with Crippen molar-refractivity contribution in [1.82, 2.24) is 19.9 Å². The van der Waals surface area contributed by atoms with Crippen molar-refractivity contribution < 1.29 is 0 Å². The van der Waals surface area contributed by atoms with E-state index in [1.807, 2.05) is 66.7 Å². The average Bonchev–Trinajstić information content (AvgIpc) is 3.32. The summed E-state index contributed by atoms with van der Waals surface area (Å²) in [5, 5.41) is 2.38. The van der Waals surface area contributed by atoms with E-state index < -0.39 is 0 Å². The molecule has 2 heterocycles. The summed E-state index contributed by atoms with van der Waals surface area (Å²) < 4.78 is 0. The maximum atomic E-state index is 5.13. The first-order valence-corrected chi connectivity index (χ1v) is 19.5. The third-order valence-corrected chi connectivity index (χ3v) is 10.5. The van der Waals surface area contributed by atoms with Crippen LogP contribution in [0.5, 0.6) is 0 Å². The van der Waals surface area contributed by atoms with E-state index in [2.05, 4.69) is 152 Å². The van der Waals surface area contributed by atoms with E-state index in [0.29, 0.717) is 17.5 Å². The van der Waals surface area contributed by atoms with Gasteiger partial charge in [-0.1, -0.05) is 200 Å². The van der Waals surface area contributed by atoms with Crippen molar-refractivity contribution in [1.29, 1.82) is 0 Å². The Kier molecular flexibility index (Phi) is 9.18. The molecule has 0 bridgehead atoms. The first-order chi connectivity index (χ1) is 28.7. The summed E-state index contributed by atoms with van der Waals surface area (Å²) >= 11 is 0. The Morgan fingerprint density at radius 2 is 0.621 bits per heavy atom. The lowest BCUT2D eigenvalue weighted by Gasteiger charge is -2.12. The Morgan fingerprint density at radius 3 is 1.17 bits per heavy atom. The van der Waals surface area contributed by atoms with Crippen molar-refractivity contribution in [3.05, 3.63) is 218 Å². The SMILES string of the molecule is c1ccc(-c2cc(-c3ccccc3)nc(-c3ccc(-c4ccc5c(-c6ccc(-c7nc(-c8ccccc8)nc(-c8ccccc8)n7)cc6)cccc5c4)cc3)c2)cc1. The van der Waals surface area contributed by atoms with Crippen molar-refractivity contribution in [3.8, 4) is 90.1 Å². The number of fused-ring (bicyclic) bond motifs is 1. The highest BCUT2D eigenvalue weighted by molar-refractivity contribution is 5.99. The summed E-state index contributed by atoms with van der Waals surface area (Å²) in [5.41, 5.74) is 13.9. The van der Waals surface area contributed by atoms with Gasteiger partial charge in [0, 0.05) is 27.8 Å². The molecule has 0 spiro atoms. The van der Waals surface area contributed by atoms with Crippen molar-refractivity contribution in [3.63, 3.8) is 0 Å². The van der Waals surface area contributed by atoms with Gasteiger partial charge in [-0.05, 0) is 62.4 Å². The lowest BCUT2D eigenvalue weighted by molar-refractivity contribution is 1.07. The van der Waals surface area contributed by atoms with Gasteiger partial charge in [0.25, 0.3) is 0 Å². The molecule has 8 aromatic carbocycles. The van der Waals surface area contributed by atoms with E-state index in [1.54, 1.807) is 0 Å². The molecule has 58 heavy (non-hydrogen) atoms. The number of rotatable bonds is 8. The minimum Gasteiger partial charge on any atom is -0.248 e. The standard InChI is InChI=1S/C54H36N4/c1-5-14-37(15-6-1)47-35-50(40-16-7-2-8-17-40)55-51(36-47)41-28-24-38(25-29-41)45-32-33-49-46(34-45)22-13-23-48(49)39-26-30-44(31-27-39)54-57-52(42-18-9-3-10-19-42)56-53(58-54)43-20-11-4-12-21-43/h1-36H. The Labute approximate surface area is 337 Å². The summed E-state index contributed by atoms with van der Waals surface area (Å²) in [6.45, 7) is 0. The number of benzene rings is 8. The van der Waals surface area contributed by atoms with Gasteiger partial charge in [0.05, 0.1) is 11.4 Å². The Balaban J connectivity index is 0.947. The van der Waals surface area contributed by atoms with Crippen molar-refractivity contribution in [2.75, 3.05) is 0 Å². The molecule has 10 rings (SSSR count). The zero-order valence-electron chi connectivity index (χ0n) is 31.6. The van der Waals surface area contributed by atoms with Crippen LogP contribution in [-0.2, 0) is 0 Å². The van der Waals surface area contributed by atoms with Gasteiger partial charge in [0.15, 0.2) is 17.5 Å². The lowest BCUT2D eigenvalue weighted by atomic mass is 9.94. The van der Waals surface area contributed by atoms with Crippen LogP contribution < -0.4 is 0 Å². The molecule has 0 atom stereocenters. The first-order valence-electron chi connectivity index (χ1n) is 19.5. The number of pyridine rings is 1. The fourth-order valence-electron chi connectivity index (χ4n) is 7.52. The van der Waals surface area contributed by atoms with Gasteiger partial charge in [-0.3, -0.25) is 0 Å². The predicted octanol–water partition coefficient (Wildman–Crippen LogP) is 13.8. The molecule has 10 aromatic rings. The van der Waals surface area contributed by atoms with E-state index in [9.17, 15) is 0 Å². The Hall–Kier alpha value is -7.82. The molecular formula is C54H36N4. The molecule has 2 aromatic heterocycles. The summed E-state index contributed by atoms with van der Waals surface area (Å²) in [6.07, 6.45) is 0. The second-order valence-electron chi connectivity index (χ2n) is 14.3. The van der Waals surface area contributed by atoms with Crippen LogP contribution in [0.4, 0.5) is 0 Å². The third kappa shape index (κ3) is 7.07. The van der Waals surface area contributed by atoms with Crippen LogP contribution in [0, 0.1) is 0 Å². The van der Waals surface area contributed by atoms with Crippen LogP contribution in [-0.4, -0.2) is 19.9 Å². The Morgan fingerprint density at radius 1 is 0.224 bits per heavy atom. The molecule has 0 aliphatic carbocycles. The second-order valence-corrected chi connectivity index (χ2v) is 14.3. The zero-order valence-corrected chi connectivity index (χ0v) is 31.6. The monoisotopic (exact) mass is 740 g/mol. The van der Waals surface area contributed by atoms with Crippen molar-refractivity contribution in [2.24, 2.45) is 0 Å². The molecule has 4 heteroatoms. The van der Waals surface area contributed by atoms with Gasteiger partial charge in [-0.25, -0.2) is 19.9 Å². The summed E-state index contributed by atoms with van der Waals surface area (Å²) in [7, 11) is 0. The largest absolute Gasteiger partial charge is 0.248 e. The second kappa shape index (κ2) is 15.4. The normalized spacial score (nSPS) is 11.1. The van der Waals surface area contributed by atoms with Gasteiger partial charge in [0.1, 0.15) is 0 Å². The smallest absolute Gasteiger partial charge is 0.164 e.